The van der Waals surface area contributed by atoms with Crippen LogP contribution in [0, 0.1) is 0 Å². The molecule has 17 heavy (non-hydrogen) atoms. The number of benzene rings is 1. The van der Waals surface area contributed by atoms with Crippen molar-refractivity contribution in [3.8, 4) is 0 Å². The molecule has 88 valence electrons. The van der Waals surface area contributed by atoms with Gasteiger partial charge in [-0.15, -0.1) is 0 Å². The molecule has 0 amide bonds. The molecule has 1 aromatic heterocycles. The number of nitrogens with zero attached hydrogens (tertiary/aromatic N) is 1. The zero-order valence-corrected chi connectivity index (χ0v) is 9.78. The number of fused-ring (bicyclic) bond motifs is 1. The van der Waals surface area contributed by atoms with Gasteiger partial charge in [0.1, 0.15) is 6.29 Å². The van der Waals surface area contributed by atoms with Crippen molar-refractivity contribution in [2.24, 2.45) is 0 Å². The molecule has 1 aliphatic rings. The van der Waals surface area contributed by atoms with E-state index in [1.807, 2.05) is 18.2 Å². The molecule has 1 fully saturated rings. The predicted molar refractivity (Wildman–Crippen MR) is 67.3 cm³/mol. The first-order valence-electron chi connectivity index (χ1n) is 6.31. The molecule has 1 saturated carbocycles. The highest BCUT2D eigenvalue weighted by Gasteiger charge is 2.19. The van der Waals surface area contributed by atoms with Gasteiger partial charge in [-0.1, -0.05) is 19.3 Å². The average Bonchev–Trinajstić information content (AvgIpc) is 2.82. The SMILES string of the molecule is O=Cc1ccc2n[nH]c(C3CCCCC3)c2c1. The van der Waals surface area contributed by atoms with Gasteiger partial charge in [0.15, 0.2) is 0 Å². The van der Waals surface area contributed by atoms with Crippen LogP contribution in [-0.4, -0.2) is 16.5 Å². The van der Waals surface area contributed by atoms with E-state index in [1.54, 1.807) is 0 Å². The van der Waals surface area contributed by atoms with Crippen molar-refractivity contribution in [3.63, 3.8) is 0 Å². The van der Waals surface area contributed by atoms with E-state index in [-0.39, 0.29) is 0 Å². The third-order valence-electron chi connectivity index (χ3n) is 3.76. The van der Waals surface area contributed by atoms with Crippen LogP contribution in [0.15, 0.2) is 18.2 Å². The number of rotatable bonds is 2. The normalized spacial score (nSPS) is 17.4. The monoisotopic (exact) mass is 228 g/mol. The van der Waals surface area contributed by atoms with Gasteiger partial charge in [0, 0.05) is 22.6 Å². The second kappa shape index (κ2) is 4.32. The maximum atomic E-state index is 10.8. The summed E-state index contributed by atoms with van der Waals surface area (Å²) in [6.45, 7) is 0. The van der Waals surface area contributed by atoms with Gasteiger partial charge in [0.2, 0.25) is 0 Å². The highest BCUT2D eigenvalue weighted by molar-refractivity contribution is 5.88. The lowest BCUT2D eigenvalue weighted by atomic mass is 9.86. The summed E-state index contributed by atoms with van der Waals surface area (Å²) in [4.78, 5) is 10.8. The number of carbonyl (C=O) groups excluding carboxylic acids is 1. The van der Waals surface area contributed by atoms with Crippen molar-refractivity contribution in [3.05, 3.63) is 29.5 Å². The number of aldehydes is 1. The van der Waals surface area contributed by atoms with Gasteiger partial charge >= 0.3 is 0 Å². The Morgan fingerprint density at radius 1 is 1.24 bits per heavy atom. The molecular weight excluding hydrogens is 212 g/mol. The molecule has 0 unspecified atom stereocenters. The second-order valence-electron chi connectivity index (χ2n) is 4.87. The fraction of sp³-hybridized carbons (Fsp3) is 0.429. The van der Waals surface area contributed by atoms with Gasteiger partial charge in [-0.2, -0.15) is 5.10 Å². The number of aromatic nitrogens is 2. The molecule has 0 saturated heterocycles. The largest absolute Gasteiger partial charge is 0.298 e. The van der Waals surface area contributed by atoms with Crippen molar-refractivity contribution in [2.75, 3.05) is 0 Å². The van der Waals surface area contributed by atoms with Gasteiger partial charge in [0.25, 0.3) is 0 Å². The summed E-state index contributed by atoms with van der Waals surface area (Å²) in [6.07, 6.45) is 7.33. The lowest BCUT2D eigenvalue weighted by molar-refractivity contribution is 0.112. The zero-order valence-electron chi connectivity index (χ0n) is 9.78. The topological polar surface area (TPSA) is 45.8 Å². The fourth-order valence-corrected chi connectivity index (χ4v) is 2.82. The highest BCUT2D eigenvalue weighted by Crippen LogP contribution is 2.35. The van der Waals surface area contributed by atoms with E-state index in [0.717, 1.165) is 22.8 Å². The van der Waals surface area contributed by atoms with Crippen molar-refractivity contribution < 1.29 is 4.79 Å². The van der Waals surface area contributed by atoms with Gasteiger partial charge in [-0.3, -0.25) is 9.89 Å². The third kappa shape index (κ3) is 1.86. The van der Waals surface area contributed by atoms with Gasteiger partial charge in [-0.05, 0) is 31.0 Å². The molecule has 1 heterocycles. The van der Waals surface area contributed by atoms with Crippen LogP contribution < -0.4 is 0 Å². The van der Waals surface area contributed by atoms with Gasteiger partial charge in [0.05, 0.1) is 5.52 Å². The summed E-state index contributed by atoms with van der Waals surface area (Å²) in [5.74, 6) is 0.593. The fourth-order valence-electron chi connectivity index (χ4n) is 2.82. The predicted octanol–water partition coefficient (Wildman–Crippen LogP) is 3.42. The quantitative estimate of drug-likeness (QED) is 0.800. The summed E-state index contributed by atoms with van der Waals surface area (Å²) in [7, 11) is 0. The van der Waals surface area contributed by atoms with Crippen molar-refractivity contribution >= 4 is 17.2 Å². The van der Waals surface area contributed by atoms with Crippen LogP contribution in [0.25, 0.3) is 10.9 Å². The van der Waals surface area contributed by atoms with E-state index in [9.17, 15) is 4.79 Å². The summed E-state index contributed by atoms with van der Waals surface area (Å²) in [5, 5.41) is 8.62. The Labute approximate surface area is 100 Å². The van der Waals surface area contributed by atoms with E-state index in [4.69, 9.17) is 0 Å². The Morgan fingerprint density at radius 2 is 2.06 bits per heavy atom. The van der Waals surface area contributed by atoms with E-state index >= 15 is 0 Å². The van der Waals surface area contributed by atoms with E-state index in [0.29, 0.717) is 5.92 Å². The van der Waals surface area contributed by atoms with Crippen LogP contribution in [0.1, 0.15) is 54.1 Å². The minimum absolute atomic E-state index is 0.593. The Balaban J connectivity index is 2.05. The van der Waals surface area contributed by atoms with Crippen LogP contribution in [0.3, 0.4) is 0 Å². The number of H-pyrrole nitrogens is 1. The summed E-state index contributed by atoms with van der Waals surface area (Å²) < 4.78 is 0. The number of carbonyl (C=O) groups is 1. The second-order valence-corrected chi connectivity index (χ2v) is 4.87. The first kappa shape index (κ1) is 10.5. The number of hydrogen-bond donors (Lipinski definition) is 1. The minimum atomic E-state index is 0.593. The molecule has 2 aromatic rings. The molecule has 0 bridgehead atoms. The van der Waals surface area contributed by atoms with Crippen LogP contribution in [0.2, 0.25) is 0 Å². The van der Waals surface area contributed by atoms with Crippen molar-refractivity contribution in [1.82, 2.24) is 10.2 Å². The van der Waals surface area contributed by atoms with Crippen LogP contribution >= 0.6 is 0 Å². The molecule has 0 atom stereocenters. The average molecular weight is 228 g/mol. The van der Waals surface area contributed by atoms with Gasteiger partial charge < -0.3 is 0 Å². The van der Waals surface area contributed by atoms with E-state index in [2.05, 4.69) is 10.2 Å². The third-order valence-corrected chi connectivity index (χ3v) is 3.76. The zero-order chi connectivity index (χ0) is 11.7. The minimum Gasteiger partial charge on any atom is -0.298 e. The van der Waals surface area contributed by atoms with E-state index in [1.165, 1.54) is 37.8 Å². The molecule has 1 aliphatic carbocycles. The number of nitrogens with one attached hydrogen (secondary N) is 1. The number of aromatic amines is 1. The first-order chi connectivity index (χ1) is 8.38. The van der Waals surface area contributed by atoms with Crippen molar-refractivity contribution in [2.45, 2.75) is 38.0 Å². The summed E-state index contributed by atoms with van der Waals surface area (Å²) in [5.41, 5.74) is 2.93. The van der Waals surface area contributed by atoms with E-state index < -0.39 is 0 Å². The Bertz CT molecular complexity index is 538. The highest BCUT2D eigenvalue weighted by atomic mass is 16.1. The Kier molecular flexibility index (Phi) is 2.67. The molecule has 3 rings (SSSR count). The summed E-state index contributed by atoms with van der Waals surface area (Å²) >= 11 is 0. The van der Waals surface area contributed by atoms with Crippen molar-refractivity contribution in [1.29, 1.82) is 0 Å². The van der Waals surface area contributed by atoms with Gasteiger partial charge in [-0.25, -0.2) is 0 Å². The maximum Gasteiger partial charge on any atom is 0.150 e. The Hall–Kier alpha value is -1.64. The van der Waals surface area contributed by atoms with Crippen LogP contribution in [0.4, 0.5) is 0 Å². The molecule has 1 aromatic carbocycles. The molecule has 1 N–H and O–H groups in total. The number of hydrogen-bond acceptors (Lipinski definition) is 2. The molecule has 0 spiro atoms. The lowest BCUT2D eigenvalue weighted by Gasteiger charge is -2.20. The summed E-state index contributed by atoms with van der Waals surface area (Å²) in [6, 6.07) is 5.69. The smallest absolute Gasteiger partial charge is 0.150 e. The van der Waals surface area contributed by atoms with Crippen LogP contribution in [0.5, 0.6) is 0 Å². The maximum absolute atomic E-state index is 10.8. The van der Waals surface area contributed by atoms with Crippen LogP contribution in [-0.2, 0) is 0 Å². The molecular formula is C14H16N2O. The molecule has 0 aliphatic heterocycles. The molecule has 0 radical (unpaired) electrons. The molecule has 3 nitrogen and oxygen atoms in total. The molecule has 3 heteroatoms. The Morgan fingerprint density at radius 3 is 2.82 bits per heavy atom. The first-order valence-corrected chi connectivity index (χ1v) is 6.31. The lowest BCUT2D eigenvalue weighted by Crippen LogP contribution is -2.05. The standard InChI is InChI=1S/C14H16N2O/c17-9-10-6-7-13-12(8-10)14(16-15-13)11-4-2-1-3-5-11/h6-9,11H,1-5H2,(H,15,16).